The number of carbonyl (C=O) groups is 2. The maximum atomic E-state index is 12.0. The highest BCUT2D eigenvalue weighted by atomic mass is 16.5. The number of carboxylic acid groups (broad SMARTS) is 1. The summed E-state index contributed by atoms with van der Waals surface area (Å²) in [6.45, 7) is 2.54. The van der Waals surface area contributed by atoms with Crippen LogP contribution in [0.1, 0.15) is 42.2 Å². The van der Waals surface area contributed by atoms with Crippen molar-refractivity contribution in [2.24, 2.45) is 0 Å². The summed E-state index contributed by atoms with van der Waals surface area (Å²) in [6.07, 6.45) is 4.36. The number of carboxylic acids is 1. The van der Waals surface area contributed by atoms with Crippen molar-refractivity contribution in [1.82, 2.24) is 10.3 Å². The van der Waals surface area contributed by atoms with Crippen molar-refractivity contribution in [3.05, 3.63) is 23.5 Å². The van der Waals surface area contributed by atoms with Crippen molar-refractivity contribution >= 4 is 11.9 Å². The fourth-order valence-electron chi connectivity index (χ4n) is 2.16. The van der Waals surface area contributed by atoms with E-state index in [1.54, 1.807) is 6.07 Å². The predicted octanol–water partition coefficient (Wildman–Crippen LogP) is 1.39. The zero-order chi connectivity index (χ0) is 14.5. The van der Waals surface area contributed by atoms with Crippen LogP contribution in [0.5, 0.6) is 5.75 Å². The zero-order valence-electron chi connectivity index (χ0n) is 11.4. The number of ether oxygens (including phenoxy) is 1. The molecule has 0 saturated heterocycles. The second-order valence-corrected chi connectivity index (χ2v) is 4.78. The van der Waals surface area contributed by atoms with Crippen LogP contribution in [-0.4, -0.2) is 34.6 Å². The van der Waals surface area contributed by atoms with Gasteiger partial charge in [-0.2, -0.15) is 0 Å². The number of aryl methyl sites for hydroxylation is 1. The third-order valence-electron chi connectivity index (χ3n) is 3.21. The number of hydrogen-bond acceptors (Lipinski definition) is 4. The Bertz CT molecular complexity index is 516. The topological polar surface area (TPSA) is 88.5 Å². The summed E-state index contributed by atoms with van der Waals surface area (Å²) in [5.41, 5.74) is 1.18. The normalized spacial score (nSPS) is 14.8. The van der Waals surface area contributed by atoms with E-state index in [0.717, 1.165) is 18.4 Å². The number of hydrogen-bond donors (Lipinski definition) is 2. The molecule has 1 aromatic heterocycles. The summed E-state index contributed by atoms with van der Waals surface area (Å²) in [7, 11) is 0. The monoisotopic (exact) mass is 278 g/mol. The van der Waals surface area contributed by atoms with Gasteiger partial charge in [-0.05, 0) is 30.9 Å². The average molecular weight is 278 g/mol. The van der Waals surface area contributed by atoms with Crippen LogP contribution in [0.25, 0.3) is 0 Å². The van der Waals surface area contributed by atoms with Crippen LogP contribution in [0.4, 0.5) is 0 Å². The number of pyridine rings is 1. The summed E-state index contributed by atoms with van der Waals surface area (Å²) in [6, 6.07) is 0.802. The van der Waals surface area contributed by atoms with Crippen LogP contribution in [0.3, 0.4) is 0 Å². The largest absolute Gasteiger partial charge is 0.492 e. The first-order valence-electron chi connectivity index (χ1n) is 6.77. The van der Waals surface area contributed by atoms with Gasteiger partial charge in [0.05, 0.1) is 12.8 Å². The van der Waals surface area contributed by atoms with Gasteiger partial charge in [0.2, 0.25) is 0 Å². The van der Waals surface area contributed by atoms with Gasteiger partial charge >= 0.3 is 5.97 Å². The smallest absolute Gasteiger partial charge is 0.326 e. The first-order chi connectivity index (χ1) is 9.61. The second-order valence-electron chi connectivity index (χ2n) is 4.78. The fourth-order valence-corrected chi connectivity index (χ4v) is 2.16. The molecule has 108 valence electrons. The SMILES string of the molecule is CCCC(NC(=O)c1cc2c(cn1)OCCC2)C(=O)O. The van der Waals surface area contributed by atoms with E-state index < -0.39 is 17.9 Å². The fraction of sp³-hybridized carbons (Fsp3) is 0.500. The molecule has 0 saturated carbocycles. The van der Waals surface area contributed by atoms with Gasteiger partial charge in [0, 0.05) is 0 Å². The Labute approximate surface area is 117 Å². The lowest BCUT2D eigenvalue weighted by atomic mass is 10.1. The third kappa shape index (κ3) is 3.26. The molecule has 2 rings (SSSR count). The Balaban J connectivity index is 2.10. The van der Waals surface area contributed by atoms with E-state index in [4.69, 9.17) is 9.84 Å². The molecule has 1 unspecified atom stereocenters. The van der Waals surface area contributed by atoms with Crippen molar-refractivity contribution < 1.29 is 19.4 Å². The zero-order valence-corrected chi connectivity index (χ0v) is 11.4. The van der Waals surface area contributed by atoms with Crippen molar-refractivity contribution in [2.45, 2.75) is 38.6 Å². The number of carbonyl (C=O) groups excluding carboxylic acids is 1. The molecule has 0 spiro atoms. The molecule has 0 radical (unpaired) electrons. The molecule has 0 aromatic carbocycles. The van der Waals surface area contributed by atoms with Gasteiger partial charge in [-0.25, -0.2) is 9.78 Å². The van der Waals surface area contributed by atoms with Gasteiger partial charge < -0.3 is 15.2 Å². The molecular formula is C14H18N2O4. The van der Waals surface area contributed by atoms with Gasteiger partial charge in [-0.1, -0.05) is 13.3 Å². The summed E-state index contributed by atoms with van der Waals surface area (Å²) in [5.74, 6) is -0.781. The van der Waals surface area contributed by atoms with Crippen LogP contribution < -0.4 is 10.1 Å². The lowest BCUT2D eigenvalue weighted by Crippen LogP contribution is -2.41. The highest BCUT2D eigenvalue weighted by molar-refractivity contribution is 5.95. The number of nitrogens with one attached hydrogen (secondary N) is 1. The molecule has 2 N–H and O–H groups in total. The molecule has 1 atom stereocenters. The Morgan fingerprint density at radius 1 is 1.55 bits per heavy atom. The lowest BCUT2D eigenvalue weighted by molar-refractivity contribution is -0.139. The van der Waals surface area contributed by atoms with Crippen molar-refractivity contribution in [2.75, 3.05) is 6.61 Å². The predicted molar refractivity (Wildman–Crippen MR) is 71.9 cm³/mol. The summed E-state index contributed by atoms with van der Waals surface area (Å²) in [4.78, 5) is 27.1. The van der Waals surface area contributed by atoms with E-state index in [1.807, 2.05) is 6.92 Å². The van der Waals surface area contributed by atoms with E-state index in [2.05, 4.69) is 10.3 Å². The van der Waals surface area contributed by atoms with Crippen LogP contribution >= 0.6 is 0 Å². The molecule has 0 fully saturated rings. The minimum absolute atomic E-state index is 0.233. The summed E-state index contributed by atoms with van der Waals surface area (Å²) < 4.78 is 5.43. The van der Waals surface area contributed by atoms with E-state index in [9.17, 15) is 9.59 Å². The highest BCUT2D eigenvalue weighted by Crippen LogP contribution is 2.23. The molecular weight excluding hydrogens is 260 g/mol. The highest BCUT2D eigenvalue weighted by Gasteiger charge is 2.21. The first kappa shape index (κ1) is 14.3. The van der Waals surface area contributed by atoms with Gasteiger partial charge in [-0.15, -0.1) is 0 Å². The molecule has 20 heavy (non-hydrogen) atoms. The quantitative estimate of drug-likeness (QED) is 0.849. The number of amides is 1. The summed E-state index contributed by atoms with van der Waals surface area (Å²) >= 11 is 0. The third-order valence-corrected chi connectivity index (χ3v) is 3.21. The van der Waals surface area contributed by atoms with Gasteiger partial charge in [-0.3, -0.25) is 4.79 Å². The minimum Gasteiger partial charge on any atom is -0.492 e. The van der Waals surface area contributed by atoms with E-state index in [-0.39, 0.29) is 5.69 Å². The minimum atomic E-state index is -1.03. The number of rotatable bonds is 5. The number of aliphatic carboxylic acids is 1. The number of fused-ring (bicyclic) bond motifs is 1. The van der Waals surface area contributed by atoms with Crippen molar-refractivity contribution in [3.8, 4) is 5.75 Å². The van der Waals surface area contributed by atoms with Crippen LogP contribution in [0, 0.1) is 0 Å². The lowest BCUT2D eigenvalue weighted by Gasteiger charge is -2.18. The average Bonchev–Trinajstić information content (AvgIpc) is 2.46. The maximum Gasteiger partial charge on any atom is 0.326 e. The Morgan fingerprint density at radius 3 is 3.05 bits per heavy atom. The van der Waals surface area contributed by atoms with Gasteiger partial charge in [0.15, 0.2) is 0 Å². The van der Waals surface area contributed by atoms with E-state index in [0.29, 0.717) is 25.2 Å². The molecule has 1 amide bonds. The molecule has 1 aliphatic rings. The molecule has 6 heteroatoms. The van der Waals surface area contributed by atoms with Gasteiger partial charge in [0.25, 0.3) is 5.91 Å². The van der Waals surface area contributed by atoms with Crippen molar-refractivity contribution in [3.63, 3.8) is 0 Å². The Hall–Kier alpha value is -2.11. The number of aromatic nitrogens is 1. The molecule has 6 nitrogen and oxygen atoms in total. The van der Waals surface area contributed by atoms with Crippen LogP contribution in [0.2, 0.25) is 0 Å². The standard InChI is InChI=1S/C14H18N2O4/c1-2-4-10(14(18)19)16-13(17)11-7-9-5-3-6-20-12(9)8-15-11/h7-8,10H,2-6H2,1H3,(H,16,17)(H,18,19). The Kier molecular flexibility index (Phi) is 4.55. The van der Waals surface area contributed by atoms with Crippen molar-refractivity contribution in [1.29, 1.82) is 0 Å². The maximum absolute atomic E-state index is 12.0. The van der Waals surface area contributed by atoms with Gasteiger partial charge in [0.1, 0.15) is 17.5 Å². The van der Waals surface area contributed by atoms with Crippen LogP contribution in [-0.2, 0) is 11.2 Å². The molecule has 2 heterocycles. The number of nitrogens with zero attached hydrogens (tertiary/aromatic N) is 1. The van der Waals surface area contributed by atoms with E-state index >= 15 is 0 Å². The van der Waals surface area contributed by atoms with E-state index in [1.165, 1.54) is 6.20 Å². The van der Waals surface area contributed by atoms with Crippen LogP contribution in [0.15, 0.2) is 12.3 Å². The molecule has 0 bridgehead atoms. The molecule has 1 aliphatic heterocycles. The molecule has 1 aromatic rings. The first-order valence-corrected chi connectivity index (χ1v) is 6.77. The second kappa shape index (κ2) is 6.36. The Morgan fingerprint density at radius 2 is 2.35 bits per heavy atom. The summed E-state index contributed by atoms with van der Waals surface area (Å²) in [5, 5.41) is 11.5. The molecule has 0 aliphatic carbocycles.